The number of aryl methyl sites for hydroxylation is 1. The van der Waals surface area contributed by atoms with E-state index in [-0.39, 0.29) is 23.5 Å². The second-order valence-electron chi connectivity index (χ2n) is 7.90. The summed E-state index contributed by atoms with van der Waals surface area (Å²) in [7, 11) is -2.94. The second kappa shape index (κ2) is 8.11. The average Bonchev–Trinajstić information content (AvgIpc) is 2.73. The molecule has 0 radical (unpaired) electrons. The first-order chi connectivity index (χ1) is 14.3. The Hall–Kier alpha value is -2.86. The highest BCUT2D eigenvalue weighted by Crippen LogP contribution is 2.26. The Morgan fingerprint density at radius 1 is 1.00 bits per heavy atom. The maximum Gasteiger partial charge on any atom is 0.252 e. The summed E-state index contributed by atoms with van der Waals surface area (Å²) in [5.41, 5.74) is 3.48. The first-order valence-corrected chi connectivity index (χ1v) is 12.0. The summed E-state index contributed by atoms with van der Waals surface area (Å²) in [6.45, 7) is 4.83. The summed E-state index contributed by atoms with van der Waals surface area (Å²) in [5.74, 6) is 0.181. The van der Waals surface area contributed by atoms with Crippen LogP contribution in [-0.2, 0) is 9.84 Å². The molecule has 1 atom stereocenters. The van der Waals surface area contributed by atoms with Crippen molar-refractivity contribution >= 4 is 32.2 Å². The van der Waals surface area contributed by atoms with Crippen LogP contribution in [0.2, 0.25) is 0 Å². The minimum Gasteiger partial charge on any atom is -0.369 e. The van der Waals surface area contributed by atoms with E-state index in [2.05, 4.69) is 23.5 Å². The molecule has 3 aromatic rings. The Balaban J connectivity index is 1.56. The predicted octanol–water partition coefficient (Wildman–Crippen LogP) is 3.87. The molecule has 0 aliphatic carbocycles. The number of rotatable bonds is 4. The third-order valence-electron chi connectivity index (χ3n) is 5.81. The molecule has 30 heavy (non-hydrogen) atoms. The van der Waals surface area contributed by atoms with Gasteiger partial charge in [-0.15, -0.1) is 0 Å². The molecule has 1 fully saturated rings. The summed E-state index contributed by atoms with van der Waals surface area (Å²) in [5, 5.41) is 5.42. The van der Waals surface area contributed by atoms with Crippen molar-refractivity contribution in [1.29, 1.82) is 0 Å². The molecule has 0 aromatic heterocycles. The lowest BCUT2D eigenvalue weighted by atomic mass is 9.99. The van der Waals surface area contributed by atoms with Crippen molar-refractivity contribution in [3.8, 4) is 0 Å². The van der Waals surface area contributed by atoms with Gasteiger partial charge in [0.25, 0.3) is 5.91 Å². The van der Waals surface area contributed by atoms with Crippen LogP contribution in [0, 0.1) is 6.92 Å². The molecule has 3 aromatic carbocycles. The van der Waals surface area contributed by atoms with Crippen LogP contribution in [0.25, 0.3) is 10.8 Å². The number of benzene rings is 3. The normalized spacial score (nSPS) is 16.9. The highest BCUT2D eigenvalue weighted by atomic mass is 32.2. The van der Waals surface area contributed by atoms with E-state index in [4.69, 9.17) is 0 Å². The standard InChI is InChI=1S/C24H26N2O3S/c1-17-10-11-20(26-12-14-30(28,29)15-13-26)16-23(17)24(27)25-18(2)21-9-5-7-19-6-3-4-8-22(19)21/h3-11,16,18H,12-15H2,1-2H3,(H,25,27)/t18-/m1/s1. The van der Waals surface area contributed by atoms with Crippen LogP contribution in [0.3, 0.4) is 0 Å². The number of carbonyl (C=O) groups excluding carboxylic acids is 1. The zero-order valence-electron chi connectivity index (χ0n) is 17.3. The molecule has 1 heterocycles. The zero-order chi connectivity index (χ0) is 21.3. The van der Waals surface area contributed by atoms with Gasteiger partial charge in [0, 0.05) is 24.3 Å². The van der Waals surface area contributed by atoms with Crippen molar-refractivity contribution in [2.24, 2.45) is 0 Å². The average molecular weight is 423 g/mol. The smallest absolute Gasteiger partial charge is 0.252 e. The molecule has 6 heteroatoms. The lowest BCUT2D eigenvalue weighted by molar-refractivity contribution is 0.0939. The van der Waals surface area contributed by atoms with E-state index >= 15 is 0 Å². The van der Waals surface area contributed by atoms with Crippen molar-refractivity contribution < 1.29 is 13.2 Å². The lowest BCUT2D eigenvalue weighted by Gasteiger charge is -2.29. The third kappa shape index (κ3) is 4.19. The summed E-state index contributed by atoms with van der Waals surface area (Å²) in [4.78, 5) is 15.1. The maximum atomic E-state index is 13.1. The fourth-order valence-corrected chi connectivity index (χ4v) is 5.20. The van der Waals surface area contributed by atoms with Gasteiger partial charge in [0.1, 0.15) is 0 Å². The topological polar surface area (TPSA) is 66.5 Å². The Morgan fingerprint density at radius 3 is 2.47 bits per heavy atom. The Kier molecular flexibility index (Phi) is 5.52. The van der Waals surface area contributed by atoms with Gasteiger partial charge in [-0.3, -0.25) is 4.79 Å². The first-order valence-electron chi connectivity index (χ1n) is 10.2. The van der Waals surface area contributed by atoms with Crippen LogP contribution >= 0.6 is 0 Å². The SMILES string of the molecule is Cc1ccc(N2CCS(=O)(=O)CC2)cc1C(=O)N[C@H](C)c1cccc2ccccc12. The van der Waals surface area contributed by atoms with Gasteiger partial charge in [-0.2, -0.15) is 0 Å². The molecular weight excluding hydrogens is 396 g/mol. The summed E-state index contributed by atoms with van der Waals surface area (Å²) in [6, 6.07) is 19.9. The number of carbonyl (C=O) groups is 1. The highest BCUT2D eigenvalue weighted by molar-refractivity contribution is 7.91. The maximum absolute atomic E-state index is 13.1. The second-order valence-corrected chi connectivity index (χ2v) is 10.2. The van der Waals surface area contributed by atoms with E-state index in [0.717, 1.165) is 27.6 Å². The quantitative estimate of drug-likeness (QED) is 0.693. The van der Waals surface area contributed by atoms with Crippen molar-refractivity contribution in [2.75, 3.05) is 29.5 Å². The molecule has 0 unspecified atom stereocenters. The van der Waals surface area contributed by atoms with Crippen molar-refractivity contribution in [1.82, 2.24) is 5.32 Å². The van der Waals surface area contributed by atoms with Crippen molar-refractivity contribution in [2.45, 2.75) is 19.9 Å². The largest absolute Gasteiger partial charge is 0.369 e. The van der Waals surface area contributed by atoms with E-state index < -0.39 is 9.84 Å². The third-order valence-corrected chi connectivity index (χ3v) is 7.42. The molecule has 1 saturated heterocycles. The molecule has 156 valence electrons. The van der Waals surface area contributed by atoms with Crippen LogP contribution in [0.5, 0.6) is 0 Å². The predicted molar refractivity (Wildman–Crippen MR) is 122 cm³/mol. The van der Waals surface area contributed by atoms with E-state index in [0.29, 0.717) is 18.7 Å². The molecule has 4 rings (SSSR count). The van der Waals surface area contributed by atoms with E-state index in [1.165, 1.54) is 0 Å². The molecule has 1 aliphatic heterocycles. The number of amides is 1. The number of nitrogens with one attached hydrogen (secondary N) is 1. The van der Waals surface area contributed by atoms with Gasteiger partial charge in [-0.25, -0.2) is 8.42 Å². The number of anilines is 1. The Labute approximate surface area is 177 Å². The molecule has 0 spiro atoms. The van der Waals surface area contributed by atoms with Crippen LogP contribution in [0.15, 0.2) is 60.7 Å². The molecule has 0 bridgehead atoms. The van der Waals surface area contributed by atoms with Gasteiger partial charge < -0.3 is 10.2 Å². The number of nitrogens with zero attached hydrogens (tertiary/aromatic N) is 1. The Bertz CT molecular complexity index is 1180. The zero-order valence-corrected chi connectivity index (χ0v) is 18.1. The minimum atomic E-state index is -2.94. The number of hydrogen-bond acceptors (Lipinski definition) is 4. The number of hydrogen-bond donors (Lipinski definition) is 1. The molecule has 1 amide bonds. The molecule has 5 nitrogen and oxygen atoms in total. The van der Waals surface area contributed by atoms with Crippen LogP contribution in [0.4, 0.5) is 5.69 Å². The number of fused-ring (bicyclic) bond motifs is 1. The fraction of sp³-hybridized carbons (Fsp3) is 0.292. The van der Waals surface area contributed by atoms with Gasteiger partial charge in [0.15, 0.2) is 9.84 Å². The summed E-state index contributed by atoms with van der Waals surface area (Å²) >= 11 is 0. The highest BCUT2D eigenvalue weighted by Gasteiger charge is 2.23. The van der Waals surface area contributed by atoms with E-state index in [1.807, 2.05) is 61.2 Å². The van der Waals surface area contributed by atoms with Crippen LogP contribution in [0.1, 0.15) is 34.5 Å². The fourth-order valence-electron chi connectivity index (χ4n) is 4.00. The van der Waals surface area contributed by atoms with Gasteiger partial charge in [-0.05, 0) is 47.9 Å². The van der Waals surface area contributed by atoms with E-state index in [1.54, 1.807) is 0 Å². The van der Waals surface area contributed by atoms with Gasteiger partial charge >= 0.3 is 0 Å². The van der Waals surface area contributed by atoms with E-state index in [9.17, 15) is 13.2 Å². The summed E-state index contributed by atoms with van der Waals surface area (Å²) < 4.78 is 23.4. The molecule has 0 saturated carbocycles. The van der Waals surface area contributed by atoms with Crippen molar-refractivity contribution in [3.63, 3.8) is 0 Å². The molecule has 1 N–H and O–H groups in total. The summed E-state index contributed by atoms with van der Waals surface area (Å²) in [6.07, 6.45) is 0. The Morgan fingerprint density at radius 2 is 1.70 bits per heavy atom. The van der Waals surface area contributed by atoms with Gasteiger partial charge in [-0.1, -0.05) is 48.5 Å². The van der Waals surface area contributed by atoms with Gasteiger partial charge in [0.05, 0.1) is 17.5 Å². The first kappa shape index (κ1) is 20.4. The van der Waals surface area contributed by atoms with Crippen LogP contribution in [-0.4, -0.2) is 38.9 Å². The molecular formula is C24H26N2O3S. The lowest BCUT2D eigenvalue weighted by Crippen LogP contribution is -2.40. The monoisotopic (exact) mass is 422 g/mol. The number of sulfone groups is 1. The van der Waals surface area contributed by atoms with Crippen molar-refractivity contribution in [3.05, 3.63) is 77.4 Å². The van der Waals surface area contributed by atoms with Crippen LogP contribution < -0.4 is 10.2 Å². The molecule has 1 aliphatic rings. The minimum absolute atomic E-state index is 0.126. The van der Waals surface area contributed by atoms with Gasteiger partial charge in [0.2, 0.25) is 0 Å².